The largest absolute Gasteiger partial charge is 0.462 e. The summed E-state index contributed by atoms with van der Waals surface area (Å²) in [6.07, 6.45) is 0.858. The van der Waals surface area contributed by atoms with E-state index in [9.17, 15) is 9.59 Å². The summed E-state index contributed by atoms with van der Waals surface area (Å²) >= 11 is 0. The van der Waals surface area contributed by atoms with Crippen molar-refractivity contribution in [3.63, 3.8) is 0 Å². The van der Waals surface area contributed by atoms with Crippen LogP contribution in [-0.2, 0) is 23.8 Å². The van der Waals surface area contributed by atoms with E-state index < -0.39 is 11.5 Å². The zero-order valence-corrected chi connectivity index (χ0v) is 13.8. The number of esters is 1. The van der Waals surface area contributed by atoms with Gasteiger partial charge in [-0.1, -0.05) is 13.8 Å². The standard InChI is InChI=1S/C16H28O5/c1-11(2)8-9-19-14-7-6-12(17)13(21-14)10-20-15(18)16(3,4)5/h11,13-14H,6-10H2,1-5H3/t13-,14+/m1/s1. The third kappa shape index (κ3) is 6.57. The third-order valence-electron chi connectivity index (χ3n) is 3.28. The molecule has 2 atom stereocenters. The van der Waals surface area contributed by atoms with Gasteiger partial charge >= 0.3 is 5.97 Å². The van der Waals surface area contributed by atoms with Gasteiger partial charge in [0.05, 0.1) is 5.41 Å². The van der Waals surface area contributed by atoms with Crippen molar-refractivity contribution >= 4 is 11.8 Å². The maximum absolute atomic E-state index is 11.8. The zero-order chi connectivity index (χ0) is 16.0. The Hall–Kier alpha value is -0.940. The van der Waals surface area contributed by atoms with Crippen molar-refractivity contribution in [3.05, 3.63) is 0 Å². The average molecular weight is 300 g/mol. The second-order valence-corrected chi connectivity index (χ2v) is 6.96. The highest BCUT2D eigenvalue weighted by atomic mass is 16.7. The molecule has 0 radical (unpaired) electrons. The van der Waals surface area contributed by atoms with E-state index in [2.05, 4.69) is 13.8 Å². The molecule has 0 saturated carbocycles. The fraction of sp³-hybridized carbons (Fsp3) is 0.875. The molecule has 1 fully saturated rings. The molecule has 0 spiro atoms. The molecule has 1 aliphatic heterocycles. The van der Waals surface area contributed by atoms with Gasteiger partial charge in [-0.15, -0.1) is 0 Å². The molecule has 5 heteroatoms. The van der Waals surface area contributed by atoms with E-state index in [1.54, 1.807) is 20.8 Å². The van der Waals surface area contributed by atoms with E-state index in [4.69, 9.17) is 14.2 Å². The zero-order valence-electron chi connectivity index (χ0n) is 13.8. The van der Waals surface area contributed by atoms with Crippen LogP contribution in [0.15, 0.2) is 0 Å². The van der Waals surface area contributed by atoms with E-state index in [1.165, 1.54) is 0 Å². The predicted octanol–water partition coefficient (Wildman–Crippen LogP) is 2.71. The van der Waals surface area contributed by atoms with Gasteiger partial charge in [0.1, 0.15) is 6.61 Å². The van der Waals surface area contributed by atoms with E-state index in [1.807, 2.05) is 0 Å². The first-order valence-electron chi connectivity index (χ1n) is 7.67. The topological polar surface area (TPSA) is 61.8 Å². The number of carbonyl (C=O) groups is 2. The van der Waals surface area contributed by atoms with Gasteiger partial charge in [-0.3, -0.25) is 9.59 Å². The summed E-state index contributed by atoms with van der Waals surface area (Å²) in [7, 11) is 0. The highest BCUT2D eigenvalue weighted by molar-refractivity contribution is 5.84. The molecule has 0 aliphatic carbocycles. The van der Waals surface area contributed by atoms with Crippen molar-refractivity contribution in [2.75, 3.05) is 13.2 Å². The fourth-order valence-corrected chi connectivity index (χ4v) is 1.81. The molecule has 0 bridgehead atoms. The van der Waals surface area contributed by atoms with Crippen LogP contribution >= 0.6 is 0 Å². The molecule has 0 aromatic rings. The summed E-state index contributed by atoms with van der Waals surface area (Å²) in [6, 6.07) is 0. The van der Waals surface area contributed by atoms with Crippen molar-refractivity contribution in [3.8, 4) is 0 Å². The molecule has 0 N–H and O–H groups in total. The van der Waals surface area contributed by atoms with Crippen LogP contribution in [-0.4, -0.2) is 37.4 Å². The maximum Gasteiger partial charge on any atom is 0.311 e. The Morgan fingerprint density at radius 2 is 2.05 bits per heavy atom. The lowest BCUT2D eigenvalue weighted by atomic mass is 9.97. The smallest absolute Gasteiger partial charge is 0.311 e. The monoisotopic (exact) mass is 300 g/mol. The van der Waals surface area contributed by atoms with E-state index in [0.29, 0.717) is 25.4 Å². The Labute approximate surface area is 127 Å². The molecule has 122 valence electrons. The van der Waals surface area contributed by atoms with Gasteiger partial charge in [-0.2, -0.15) is 0 Å². The number of hydrogen-bond acceptors (Lipinski definition) is 5. The summed E-state index contributed by atoms with van der Waals surface area (Å²) in [5, 5.41) is 0. The lowest BCUT2D eigenvalue weighted by Crippen LogP contribution is -2.41. The quantitative estimate of drug-likeness (QED) is 0.706. The van der Waals surface area contributed by atoms with Crippen LogP contribution in [0.25, 0.3) is 0 Å². The minimum Gasteiger partial charge on any atom is -0.462 e. The molecule has 1 aliphatic rings. The van der Waals surface area contributed by atoms with Crippen LogP contribution in [0.4, 0.5) is 0 Å². The Morgan fingerprint density at radius 3 is 2.62 bits per heavy atom. The highest BCUT2D eigenvalue weighted by Crippen LogP contribution is 2.20. The van der Waals surface area contributed by atoms with Gasteiger partial charge in [0, 0.05) is 19.4 Å². The van der Waals surface area contributed by atoms with Crippen LogP contribution < -0.4 is 0 Å². The van der Waals surface area contributed by atoms with Crippen LogP contribution in [0.5, 0.6) is 0 Å². The van der Waals surface area contributed by atoms with Crippen molar-refractivity contribution in [2.24, 2.45) is 11.3 Å². The van der Waals surface area contributed by atoms with Crippen molar-refractivity contribution in [1.82, 2.24) is 0 Å². The molecule has 0 aromatic carbocycles. The van der Waals surface area contributed by atoms with Crippen molar-refractivity contribution in [1.29, 1.82) is 0 Å². The second kappa shape index (κ2) is 7.90. The molecule has 1 rings (SSSR count). The number of ether oxygens (including phenoxy) is 3. The average Bonchev–Trinajstić information content (AvgIpc) is 2.37. The minimum absolute atomic E-state index is 0.0274. The lowest BCUT2D eigenvalue weighted by molar-refractivity contribution is -0.206. The fourth-order valence-electron chi connectivity index (χ4n) is 1.81. The number of hydrogen-bond donors (Lipinski definition) is 0. The Bertz CT molecular complexity index is 356. The Morgan fingerprint density at radius 1 is 1.38 bits per heavy atom. The number of Topliss-reactive ketones (excluding diaryl/α,β-unsaturated/α-hetero) is 1. The predicted molar refractivity (Wildman–Crippen MR) is 78.7 cm³/mol. The maximum atomic E-state index is 11.8. The van der Waals surface area contributed by atoms with Crippen LogP contribution in [0, 0.1) is 11.3 Å². The van der Waals surface area contributed by atoms with Gasteiger partial charge < -0.3 is 14.2 Å². The molecule has 0 aromatic heterocycles. The summed E-state index contributed by atoms with van der Waals surface area (Å²) in [6.45, 7) is 10.2. The number of carbonyl (C=O) groups excluding carboxylic acids is 2. The Balaban J connectivity index is 2.38. The van der Waals surface area contributed by atoms with Crippen molar-refractivity contribution < 1.29 is 23.8 Å². The summed E-state index contributed by atoms with van der Waals surface area (Å²) < 4.78 is 16.4. The normalized spacial score (nSPS) is 23.4. The number of rotatable bonds is 6. The van der Waals surface area contributed by atoms with Gasteiger partial charge in [0.15, 0.2) is 18.2 Å². The highest BCUT2D eigenvalue weighted by Gasteiger charge is 2.32. The molecule has 1 heterocycles. The Kier molecular flexibility index (Phi) is 6.81. The molecule has 0 amide bonds. The summed E-state index contributed by atoms with van der Waals surface area (Å²) in [5.41, 5.74) is -0.578. The molecular weight excluding hydrogens is 272 g/mol. The lowest BCUT2D eigenvalue weighted by Gasteiger charge is -2.29. The first kappa shape index (κ1) is 18.1. The van der Waals surface area contributed by atoms with Crippen LogP contribution in [0.1, 0.15) is 53.9 Å². The van der Waals surface area contributed by atoms with E-state index in [-0.39, 0.29) is 24.6 Å². The van der Waals surface area contributed by atoms with Gasteiger partial charge in [0.2, 0.25) is 0 Å². The van der Waals surface area contributed by atoms with Gasteiger partial charge in [-0.25, -0.2) is 0 Å². The molecular formula is C16H28O5. The van der Waals surface area contributed by atoms with Gasteiger partial charge in [0.25, 0.3) is 0 Å². The minimum atomic E-state index is -0.700. The van der Waals surface area contributed by atoms with Crippen LogP contribution in [0.3, 0.4) is 0 Å². The first-order chi connectivity index (χ1) is 9.70. The van der Waals surface area contributed by atoms with Crippen LogP contribution in [0.2, 0.25) is 0 Å². The summed E-state index contributed by atoms with van der Waals surface area (Å²) in [5.74, 6) is 0.209. The molecule has 21 heavy (non-hydrogen) atoms. The van der Waals surface area contributed by atoms with E-state index in [0.717, 1.165) is 6.42 Å². The SMILES string of the molecule is CC(C)CCO[C@@H]1CCC(=O)[C@@H](COC(=O)C(C)(C)C)O1. The molecule has 0 unspecified atom stereocenters. The summed E-state index contributed by atoms with van der Waals surface area (Å²) in [4.78, 5) is 23.5. The molecule has 5 nitrogen and oxygen atoms in total. The number of ketones is 1. The van der Waals surface area contributed by atoms with E-state index >= 15 is 0 Å². The first-order valence-corrected chi connectivity index (χ1v) is 7.67. The second-order valence-electron chi connectivity index (χ2n) is 6.96. The molecule has 1 saturated heterocycles. The third-order valence-corrected chi connectivity index (χ3v) is 3.28. The van der Waals surface area contributed by atoms with Crippen molar-refractivity contribution in [2.45, 2.75) is 66.3 Å². The van der Waals surface area contributed by atoms with Gasteiger partial charge in [-0.05, 0) is 33.1 Å².